The van der Waals surface area contributed by atoms with Gasteiger partial charge in [-0.05, 0) is 19.9 Å². The highest BCUT2D eigenvalue weighted by Gasteiger charge is 2.20. The summed E-state index contributed by atoms with van der Waals surface area (Å²) in [4.78, 5) is 24.1. The highest BCUT2D eigenvalue weighted by atomic mass is 35.5. The van der Waals surface area contributed by atoms with E-state index in [1.807, 2.05) is 13.8 Å². The van der Waals surface area contributed by atoms with Crippen LogP contribution in [0.1, 0.15) is 19.4 Å². The predicted octanol–water partition coefficient (Wildman–Crippen LogP) is 3.78. The number of hydrogen-bond acceptors (Lipinski definition) is 7. The topological polar surface area (TPSA) is 113 Å². The largest absolute Gasteiger partial charge is 0.493 e. The van der Waals surface area contributed by atoms with Gasteiger partial charge in [0.2, 0.25) is 5.91 Å². The van der Waals surface area contributed by atoms with E-state index in [9.17, 15) is 10.1 Å². The minimum absolute atomic E-state index is 0.0456. The minimum atomic E-state index is -0.117. The van der Waals surface area contributed by atoms with Gasteiger partial charge in [0, 0.05) is 23.9 Å². The lowest BCUT2D eigenvalue weighted by Crippen LogP contribution is -2.31. The molecule has 0 bridgehead atoms. The summed E-state index contributed by atoms with van der Waals surface area (Å²) < 4.78 is 10.7. The van der Waals surface area contributed by atoms with Gasteiger partial charge in [-0.2, -0.15) is 5.26 Å². The van der Waals surface area contributed by atoms with E-state index in [-0.39, 0.29) is 17.7 Å². The Kier molecular flexibility index (Phi) is 6.70. The van der Waals surface area contributed by atoms with Crippen molar-refractivity contribution < 1.29 is 14.3 Å². The summed E-state index contributed by atoms with van der Waals surface area (Å²) in [5, 5.41) is 13.7. The summed E-state index contributed by atoms with van der Waals surface area (Å²) in [6.45, 7) is 3.79. The van der Waals surface area contributed by atoms with Crippen molar-refractivity contribution in [2.24, 2.45) is 0 Å². The Bertz CT molecular complexity index is 1140. The molecule has 0 spiro atoms. The van der Waals surface area contributed by atoms with Gasteiger partial charge in [0.25, 0.3) is 0 Å². The zero-order chi connectivity index (χ0) is 21.8. The molecule has 2 heterocycles. The van der Waals surface area contributed by atoms with Crippen LogP contribution in [0.25, 0.3) is 22.3 Å². The molecule has 156 valence electrons. The molecule has 0 aliphatic carbocycles. The summed E-state index contributed by atoms with van der Waals surface area (Å²) in [5.41, 5.74) is 1.90. The molecular weight excluding hydrogens is 426 g/mol. The number of nitrogens with one attached hydrogen (secondary N) is 2. The number of rotatable bonds is 7. The number of methoxy groups -OCH3 is 2. The summed E-state index contributed by atoms with van der Waals surface area (Å²) in [7, 11) is 3.05. The first-order valence-electron chi connectivity index (χ1n) is 9.01. The van der Waals surface area contributed by atoms with Crippen LogP contribution in [0.4, 0.5) is 0 Å². The van der Waals surface area contributed by atoms with Gasteiger partial charge >= 0.3 is 0 Å². The van der Waals surface area contributed by atoms with Gasteiger partial charge in [-0.15, -0.1) is 0 Å². The number of nitriles is 1. The number of carbonyl (C=O) groups is 1. The molecule has 0 saturated heterocycles. The van der Waals surface area contributed by atoms with Crippen molar-refractivity contribution in [1.29, 1.82) is 5.26 Å². The van der Waals surface area contributed by atoms with Crippen LogP contribution in [0.3, 0.4) is 0 Å². The fraction of sp³-hybridized carbons (Fsp3) is 0.300. The van der Waals surface area contributed by atoms with E-state index in [4.69, 9.17) is 21.1 Å². The Labute approximate surface area is 182 Å². The van der Waals surface area contributed by atoms with Crippen molar-refractivity contribution in [2.75, 3.05) is 20.0 Å². The summed E-state index contributed by atoms with van der Waals surface area (Å²) in [6.07, 6.45) is 1.57. The van der Waals surface area contributed by atoms with Gasteiger partial charge < -0.3 is 19.8 Å². The van der Waals surface area contributed by atoms with E-state index in [0.717, 1.165) is 0 Å². The zero-order valence-corrected chi connectivity index (χ0v) is 18.4. The first-order valence-corrected chi connectivity index (χ1v) is 10.4. The third kappa shape index (κ3) is 4.45. The normalized spacial score (nSPS) is 10.8. The van der Waals surface area contributed by atoms with Crippen LogP contribution < -0.4 is 14.8 Å². The molecule has 3 rings (SSSR count). The van der Waals surface area contributed by atoms with Crippen molar-refractivity contribution in [2.45, 2.75) is 25.0 Å². The number of thioether (sulfide) groups is 1. The zero-order valence-electron chi connectivity index (χ0n) is 16.9. The number of aromatic amines is 1. The highest BCUT2D eigenvalue weighted by molar-refractivity contribution is 7.99. The van der Waals surface area contributed by atoms with E-state index in [1.54, 1.807) is 18.3 Å². The second kappa shape index (κ2) is 9.24. The first kappa shape index (κ1) is 21.7. The van der Waals surface area contributed by atoms with Gasteiger partial charge in [0.05, 0.1) is 41.6 Å². The number of H-pyrrole nitrogens is 1. The molecule has 0 atom stereocenters. The number of hydrogen-bond donors (Lipinski definition) is 2. The smallest absolute Gasteiger partial charge is 0.230 e. The van der Waals surface area contributed by atoms with Gasteiger partial charge in [-0.25, -0.2) is 9.97 Å². The Balaban J connectivity index is 2.12. The maximum absolute atomic E-state index is 12.0. The molecule has 8 nitrogen and oxygen atoms in total. The summed E-state index contributed by atoms with van der Waals surface area (Å²) in [5.74, 6) is 0.997. The maximum Gasteiger partial charge on any atom is 0.230 e. The summed E-state index contributed by atoms with van der Waals surface area (Å²) >= 11 is 7.71. The predicted molar refractivity (Wildman–Crippen MR) is 116 cm³/mol. The number of benzene rings is 1. The molecule has 1 aromatic carbocycles. The lowest BCUT2D eigenvalue weighted by molar-refractivity contribution is -0.119. The number of fused-ring (bicyclic) bond motifs is 1. The Morgan fingerprint density at radius 1 is 1.30 bits per heavy atom. The third-order valence-corrected chi connectivity index (χ3v) is 5.30. The molecule has 2 aromatic heterocycles. The van der Waals surface area contributed by atoms with Crippen LogP contribution in [-0.4, -0.2) is 46.9 Å². The van der Waals surface area contributed by atoms with Crippen LogP contribution >= 0.6 is 23.4 Å². The van der Waals surface area contributed by atoms with Crippen LogP contribution in [0.2, 0.25) is 5.02 Å². The monoisotopic (exact) mass is 445 g/mol. The van der Waals surface area contributed by atoms with Crippen LogP contribution in [0.15, 0.2) is 23.5 Å². The number of halogens is 1. The third-order valence-electron chi connectivity index (χ3n) is 4.14. The van der Waals surface area contributed by atoms with Crippen molar-refractivity contribution in [1.82, 2.24) is 20.3 Å². The van der Waals surface area contributed by atoms with Gasteiger partial charge in [0.1, 0.15) is 11.7 Å². The van der Waals surface area contributed by atoms with Crippen molar-refractivity contribution in [3.63, 3.8) is 0 Å². The number of aromatic nitrogens is 3. The van der Waals surface area contributed by atoms with Gasteiger partial charge in [0.15, 0.2) is 16.7 Å². The fourth-order valence-corrected chi connectivity index (χ4v) is 3.79. The average molecular weight is 446 g/mol. The quantitative estimate of drug-likeness (QED) is 0.420. The number of ether oxygens (including phenoxy) is 2. The van der Waals surface area contributed by atoms with Crippen LogP contribution in [0.5, 0.6) is 11.5 Å². The number of carbonyl (C=O) groups excluding carboxylic acids is 1. The van der Waals surface area contributed by atoms with E-state index in [1.165, 1.54) is 26.0 Å². The van der Waals surface area contributed by atoms with Crippen LogP contribution in [0, 0.1) is 11.3 Å². The second-order valence-electron chi connectivity index (χ2n) is 6.59. The highest BCUT2D eigenvalue weighted by Crippen LogP contribution is 2.40. The molecule has 0 aliphatic rings. The van der Waals surface area contributed by atoms with Gasteiger partial charge in [-0.1, -0.05) is 23.4 Å². The molecule has 0 fully saturated rings. The number of amides is 1. The lowest BCUT2D eigenvalue weighted by Gasteiger charge is -2.13. The molecule has 2 N–H and O–H groups in total. The average Bonchev–Trinajstić information content (AvgIpc) is 3.14. The van der Waals surface area contributed by atoms with E-state index >= 15 is 0 Å². The Hall–Kier alpha value is -2.96. The molecule has 10 heteroatoms. The minimum Gasteiger partial charge on any atom is -0.493 e. The van der Waals surface area contributed by atoms with E-state index < -0.39 is 0 Å². The van der Waals surface area contributed by atoms with Crippen molar-refractivity contribution in [3.05, 3.63) is 28.9 Å². The molecule has 1 amide bonds. The van der Waals surface area contributed by atoms with E-state index in [2.05, 4.69) is 26.3 Å². The lowest BCUT2D eigenvalue weighted by atomic mass is 10.1. The molecular formula is C20H20ClN5O3S. The van der Waals surface area contributed by atoms with Gasteiger partial charge in [-0.3, -0.25) is 4.79 Å². The molecule has 0 unspecified atom stereocenters. The molecule has 30 heavy (non-hydrogen) atoms. The maximum atomic E-state index is 12.0. The fourth-order valence-electron chi connectivity index (χ4n) is 2.89. The SMILES string of the molecule is COc1cc(Cl)c(-c2nc(SCC(=O)NC(C)C)nc3[nH]cc(C#N)c23)cc1OC. The molecule has 0 saturated carbocycles. The van der Waals surface area contributed by atoms with Crippen molar-refractivity contribution >= 4 is 40.3 Å². The number of nitrogens with zero attached hydrogens (tertiary/aromatic N) is 3. The molecule has 3 aromatic rings. The second-order valence-corrected chi connectivity index (χ2v) is 7.94. The summed E-state index contributed by atoms with van der Waals surface area (Å²) in [6, 6.07) is 5.52. The molecule has 0 radical (unpaired) electrons. The van der Waals surface area contributed by atoms with E-state index in [0.29, 0.717) is 49.5 Å². The van der Waals surface area contributed by atoms with Crippen molar-refractivity contribution in [3.8, 4) is 28.8 Å². The molecule has 0 aliphatic heterocycles. The van der Waals surface area contributed by atoms with Crippen LogP contribution in [-0.2, 0) is 4.79 Å². The Morgan fingerprint density at radius 3 is 2.63 bits per heavy atom. The standard InChI is InChI=1S/C20H20ClN5O3S/c1-10(2)24-16(27)9-30-20-25-18(17-11(7-22)8-23-19(17)26-20)12-5-14(28-3)15(29-4)6-13(12)21/h5-6,8,10H,9H2,1-4H3,(H,24,27)(H,23,25,26). The first-order chi connectivity index (χ1) is 14.4. The Morgan fingerprint density at radius 2 is 2.00 bits per heavy atom.